The molecule has 0 spiro atoms. The van der Waals surface area contributed by atoms with Crippen molar-refractivity contribution in [1.82, 2.24) is 9.97 Å². The van der Waals surface area contributed by atoms with Crippen molar-refractivity contribution in [3.05, 3.63) is 91.0 Å². The van der Waals surface area contributed by atoms with E-state index in [9.17, 15) is 0 Å². The van der Waals surface area contributed by atoms with Gasteiger partial charge in [0.15, 0.2) is 11.4 Å². The predicted molar refractivity (Wildman–Crippen MR) is 163 cm³/mol. The highest BCUT2D eigenvalue weighted by Crippen LogP contribution is 2.40. The summed E-state index contributed by atoms with van der Waals surface area (Å²) in [4.78, 5) is 10.2. The lowest BCUT2D eigenvalue weighted by molar-refractivity contribution is 0.00578. The average Bonchev–Trinajstić information content (AvgIpc) is 3.61. The van der Waals surface area contributed by atoms with Gasteiger partial charge in [-0.3, -0.25) is 0 Å². The van der Waals surface area contributed by atoms with Crippen LogP contribution in [-0.2, 0) is 9.31 Å². The predicted octanol–water partition coefficient (Wildman–Crippen LogP) is 7.91. The van der Waals surface area contributed by atoms with E-state index in [0.29, 0.717) is 11.4 Å². The molecule has 0 atom stereocenters. The molecule has 0 amide bonds. The molecule has 3 aromatic heterocycles. The van der Waals surface area contributed by atoms with Crippen LogP contribution < -0.4 is 5.46 Å². The maximum absolute atomic E-state index is 6.36. The van der Waals surface area contributed by atoms with Gasteiger partial charge in [-0.05, 0) is 57.4 Å². The Labute approximate surface area is 237 Å². The summed E-state index contributed by atoms with van der Waals surface area (Å²) in [5, 5.41) is 2.87. The van der Waals surface area contributed by atoms with Crippen LogP contribution in [0.15, 0.2) is 99.8 Å². The van der Waals surface area contributed by atoms with Gasteiger partial charge in [-0.1, -0.05) is 66.7 Å². The van der Waals surface area contributed by atoms with Crippen molar-refractivity contribution in [2.75, 3.05) is 0 Å². The van der Waals surface area contributed by atoms with Crippen LogP contribution in [0.5, 0.6) is 0 Å². The summed E-state index contributed by atoms with van der Waals surface area (Å²) in [5.74, 6) is 0.609. The minimum Gasteiger partial charge on any atom is -0.456 e. The van der Waals surface area contributed by atoms with E-state index >= 15 is 0 Å². The molecule has 200 valence electrons. The fourth-order valence-corrected chi connectivity index (χ4v) is 5.66. The Hall–Kier alpha value is -4.46. The second-order valence-electron chi connectivity index (χ2n) is 11.7. The van der Waals surface area contributed by atoms with Crippen LogP contribution in [0.3, 0.4) is 0 Å². The second kappa shape index (κ2) is 8.52. The SMILES string of the molecule is CC1(C)OB(c2ccc3oc4cccc(-c5nc(-c6ccccc6)c6oc7ccccc7c6n5)c4c3c2)OC1(C)C. The third kappa shape index (κ3) is 3.66. The summed E-state index contributed by atoms with van der Waals surface area (Å²) in [6, 6.07) is 30.2. The normalized spacial score (nSPS) is 16.4. The minimum atomic E-state index is -0.476. The van der Waals surface area contributed by atoms with Gasteiger partial charge in [0.05, 0.1) is 11.2 Å². The van der Waals surface area contributed by atoms with Gasteiger partial charge in [-0.2, -0.15) is 0 Å². The highest BCUT2D eigenvalue weighted by Gasteiger charge is 2.51. The quantitative estimate of drug-likeness (QED) is 0.213. The van der Waals surface area contributed by atoms with Gasteiger partial charge in [0.25, 0.3) is 0 Å². The topological polar surface area (TPSA) is 70.5 Å². The van der Waals surface area contributed by atoms with Gasteiger partial charge in [0, 0.05) is 27.3 Å². The van der Waals surface area contributed by atoms with Crippen molar-refractivity contribution in [3.8, 4) is 22.6 Å². The summed E-state index contributed by atoms with van der Waals surface area (Å²) in [6.45, 7) is 8.25. The molecule has 0 N–H and O–H groups in total. The lowest BCUT2D eigenvalue weighted by Crippen LogP contribution is -2.41. The molecule has 0 aliphatic carbocycles. The molecule has 1 fully saturated rings. The number of benzene rings is 4. The van der Waals surface area contributed by atoms with E-state index in [-0.39, 0.29) is 0 Å². The fourth-order valence-electron chi connectivity index (χ4n) is 5.66. The summed E-state index contributed by atoms with van der Waals surface area (Å²) in [6.07, 6.45) is 0. The van der Waals surface area contributed by atoms with Crippen LogP contribution in [0.4, 0.5) is 0 Å². The van der Waals surface area contributed by atoms with Crippen molar-refractivity contribution in [1.29, 1.82) is 0 Å². The van der Waals surface area contributed by atoms with E-state index in [0.717, 1.165) is 60.7 Å². The number of hydrogen-bond donors (Lipinski definition) is 0. The van der Waals surface area contributed by atoms with Crippen LogP contribution in [-0.4, -0.2) is 28.3 Å². The molecular weight excluding hydrogens is 511 g/mol. The van der Waals surface area contributed by atoms with Gasteiger partial charge < -0.3 is 18.1 Å². The first-order valence-corrected chi connectivity index (χ1v) is 13.8. The molecule has 1 aliphatic heterocycles. The van der Waals surface area contributed by atoms with Crippen LogP contribution in [0.2, 0.25) is 0 Å². The van der Waals surface area contributed by atoms with E-state index in [4.69, 9.17) is 28.1 Å². The van der Waals surface area contributed by atoms with Crippen molar-refractivity contribution < 1.29 is 18.1 Å². The molecule has 8 rings (SSSR count). The van der Waals surface area contributed by atoms with Crippen molar-refractivity contribution in [2.24, 2.45) is 0 Å². The van der Waals surface area contributed by atoms with E-state index in [2.05, 4.69) is 39.8 Å². The number of rotatable bonds is 3. The summed E-state index contributed by atoms with van der Waals surface area (Å²) >= 11 is 0. The molecule has 0 unspecified atom stereocenters. The summed E-state index contributed by atoms with van der Waals surface area (Å²) in [5.41, 5.74) is 6.48. The standard InChI is InChI=1S/C34H27BN2O4/c1-33(2)34(3,4)41-35(40-33)21-17-18-26-24(19-21)28-23(14-10-16-27(28)38-26)32-36-29(20-11-6-5-7-12-20)31-30(37-32)22-13-8-9-15-25(22)39-31/h5-19H,1-4H3. The zero-order valence-electron chi connectivity index (χ0n) is 23.3. The van der Waals surface area contributed by atoms with E-state index in [1.165, 1.54) is 0 Å². The van der Waals surface area contributed by atoms with Crippen molar-refractivity contribution >= 4 is 56.6 Å². The molecule has 7 aromatic rings. The minimum absolute atomic E-state index is 0.430. The first-order valence-electron chi connectivity index (χ1n) is 13.8. The Bertz CT molecular complexity index is 2110. The number of fused-ring (bicyclic) bond motifs is 6. The Balaban J connectivity index is 1.37. The molecule has 4 aromatic carbocycles. The third-order valence-electron chi connectivity index (χ3n) is 8.55. The Morgan fingerprint density at radius 3 is 2.15 bits per heavy atom. The monoisotopic (exact) mass is 538 g/mol. The zero-order valence-corrected chi connectivity index (χ0v) is 23.3. The molecule has 4 heterocycles. The molecule has 0 bridgehead atoms. The zero-order chi connectivity index (χ0) is 27.9. The average molecular weight is 538 g/mol. The Morgan fingerprint density at radius 1 is 0.634 bits per heavy atom. The number of nitrogens with zero attached hydrogens (tertiary/aromatic N) is 2. The smallest absolute Gasteiger partial charge is 0.456 e. The Kier molecular flexibility index (Phi) is 5.06. The molecular formula is C34H27BN2O4. The van der Waals surface area contributed by atoms with E-state index in [1.807, 2.05) is 78.9 Å². The molecule has 1 saturated heterocycles. The molecule has 41 heavy (non-hydrogen) atoms. The van der Waals surface area contributed by atoms with E-state index < -0.39 is 18.3 Å². The summed E-state index contributed by atoms with van der Waals surface area (Å²) < 4.78 is 25.3. The first-order chi connectivity index (χ1) is 19.8. The molecule has 6 nitrogen and oxygen atoms in total. The lowest BCUT2D eigenvalue weighted by Gasteiger charge is -2.32. The maximum atomic E-state index is 6.36. The van der Waals surface area contributed by atoms with Gasteiger partial charge >= 0.3 is 7.12 Å². The van der Waals surface area contributed by atoms with Gasteiger partial charge in [-0.25, -0.2) is 9.97 Å². The van der Waals surface area contributed by atoms with Crippen molar-refractivity contribution in [3.63, 3.8) is 0 Å². The first kappa shape index (κ1) is 24.4. The highest BCUT2D eigenvalue weighted by molar-refractivity contribution is 6.62. The highest BCUT2D eigenvalue weighted by atomic mass is 16.7. The molecule has 1 aliphatic rings. The Morgan fingerprint density at radius 2 is 1.34 bits per heavy atom. The maximum Gasteiger partial charge on any atom is 0.494 e. The lowest BCUT2D eigenvalue weighted by atomic mass is 9.78. The third-order valence-corrected chi connectivity index (χ3v) is 8.55. The second-order valence-corrected chi connectivity index (χ2v) is 11.7. The van der Waals surface area contributed by atoms with Crippen molar-refractivity contribution in [2.45, 2.75) is 38.9 Å². The van der Waals surface area contributed by atoms with Gasteiger partial charge in [0.1, 0.15) is 28.0 Å². The van der Waals surface area contributed by atoms with Gasteiger partial charge in [0.2, 0.25) is 0 Å². The number of furan rings is 2. The fraction of sp³-hybridized carbons (Fsp3) is 0.176. The number of para-hydroxylation sites is 1. The van der Waals surface area contributed by atoms with E-state index in [1.54, 1.807) is 0 Å². The molecule has 7 heteroatoms. The van der Waals surface area contributed by atoms with Crippen LogP contribution in [0, 0.1) is 0 Å². The largest absolute Gasteiger partial charge is 0.494 e. The molecule has 0 saturated carbocycles. The van der Waals surface area contributed by atoms with Gasteiger partial charge in [-0.15, -0.1) is 0 Å². The van der Waals surface area contributed by atoms with Crippen LogP contribution in [0.25, 0.3) is 66.7 Å². The van der Waals surface area contributed by atoms with Crippen LogP contribution in [0.1, 0.15) is 27.7 Å². The molecule has 0 radical (unpaired) electrons. The number of hydrogen-bond acceptors (Lipinski definition) is 6. The van der Waals surface area contributed by atoms with Crippen LogP contribution >= 0.6 is 0 Å². The number of aromatic nitrogens is 2. The summed E-state index contributed by atoms with van der Waals surface area (Å²) in [7, 11) is -0.476.